The molecule has 1 aliphatic carbocycles. The molecule has 7 heteroatoms. The quantitative estimate of drug-likeness (QED) is 0.867. The fourth-order valence-electron chi connectivity index (χ4n) is 2.76. The van der Waals surface area contributed by atoms with Crippen molar-refractivity contribution in [3.8, 4) is 0 Å². The number of nitrogens with zero attached hydrogens (tertiary/aromatic N) is 2. The molecule has 0 unspecified atom stereocenters. The number of rotatable bonds is 5. The van der Waals surface area contributed by atoms with E-state index in [0.29, 0.717) is 12.5 Å². The molecule has 0 saturated heterocycles. The van der Waals surface area contributed by atoms with Crippen LogP contribution in [-0.2, 0) is 16.6 Å². The number of benzene rings is 1. The Balaban J connectivity index is 1.75. The number of aromatic nitrogens is 2. The molecule has 3 rings (SSSR count). The highest BCUT2D eigenvalue weighted by Crippen LogP contribution is 2.34. The van der Waals surface area contributed by atoms with Crippen molar-refractivity contribution in [3.63, 3.8) is 0 Å². The van der Waals surface area contributed by atoms with Gasteiger partial charge in [-0.15, -0.1) is 0 Å². The van der Waals surface area contributed by atoms with E-state index in [2.05, 4.69) is 15.3 Å². The Morgan fingerprint density at radius 1 is 1.21 bits per heavy atom. The van der Waals surface area contributed by atoms with E-state index in [1.165, 1.54) is 12.5 Å². The van der Waals surface area contributed by atoms with Crippen molar-refractivity contribution < 1.29 is 8.42 Å². The fraction of sp³-hybridized carbons (Fsp3) is 0.412. The van der Waals surface area contributed by atoms with Gasteiger partial charge in [-0.3, -0.25) is 0 Å². The van der Waals surface area contributed by atoms with Crippen molar-refractivity contribution >= 4 is 15.8 Å². The predicted molar refractivity (Wildman–Crippen MR) is 93.2 cm³/mol. The van der Waals surface area contributed by atoms with Gasteiger partial charge in [-0.05, 0) is 49.9 Å². The van der Waals surface area contributed by atoms with E-state index in [0.717, 1.165) is 41.3 Å². The van der Waals surface area contributed by atoms with Gasteiger partial charge < -0.3 is 5.32 Å². The molecular formula is C17H22N4O2S. The first-order valence-corrected chi connectivity index (χ1v) is 9.59. The molecule has 24 heavy (non-hydrogen) atoms. The smallest absolute Gasteiger partial charge is 0.238 e. The van der Waals surface area contributed by atoms with Gasteiger partial charge >= 0.3 is 0 Å². The maximum atomic E-state index is 11.4. The van der Waals surface area contributed by atoms with E-state index >= 15 is 0 Å². The van der Waals surface area contributed by atoms with Crippen molar-refractivity contribution in [1.82, 2.24) is 9.97 Å². The first kappa shape index (κ1) is 16.9. The lowest BCUT2D eigenvalue weighted by atomic mass is 9.85. The maximum absolute atomic E-state index is 11.4. The van der Waals surface area contributed by atoms with Crippen LogP contribution < -0.4 is 10.5 Å². The molecule has 1 saturated carbocycles. The number of primary sulfonamides is 1. The third-order valence-electron chi connectivity index (χ3n) is 4.44. The van der Waals surface area contributed by atoms with E-state index in [1.54, 1.807) is 12.1 Å². The van der Waals surface area contributed by atoms with E-state index < -0.39 is 10.0 Å². The number of nitrogens with two attached hydrogens (primary N) is 1. The zero-order chi connectivity index (χ0) is 17.3. The van der Waals surface area contributed by atoms with Gasteiger partial charge in [0.25, 0.3) is 0 Å². The number of aryl methyl sites for hydroxylation is 2. The van der Waals surface area contributed by atoms with E-state index in [9.17, 15) is 8.42 Å². The van der Waals surface area contributed by atoms with Crippen molar-refractivity contribution in [2.45, 2.75) is 50.5 Å². The van der Waals surface area contributed by atoms with Gasteiger partial charge in [0.2, 0.25) is 10.0 Å². The largest absolute Gasteiger partial charge is 0.366 e. The summed E-state index contributed by atoms with van der Waals surface area (Å²) in [5.74, 6) is 2.21. The van der Waals surface area contributed by atoms with Gasteiger partial charge in [0.05, 0.1) is 4.90 Å². The zero-order valence-corrected chi connectivity index (χ0v) is 14.7. The Hall–Kier alpha value is -1.99. The molecule has 1 fully saturated rings. The molecule has 0 amide bonds. The maximum Gasteiger partial charge on any atom is 0.238 e. The van der Waals surface area contributed by atoms with Gasteiger partial charge in [-0.25, -0.2) is 23.5 Å². The summed E-state index contributed by atoms with van der Waals surface area (Å²) < 4.78 is 22.8. The highest BCUT2D eigenvalue weighted by atomic mass is 32.2. The number of anilines is 1. The standard InChI is InChI=1S/C17H22N4O2S/c1-11-8-15(24(18,22)23)7-6-14(11)10-19-16-9-12(2)20-17(21-16)13-4-3-5-13/h6-9,13H,3-5,10H2,1-2H3,(H2,18,22,23)(H,19,20,21). The summed E-state index contributed by atoms with van der Waals surface area (Å²) in [6.45, 7) is 4.41. The third kappa shape index (κ3) is 3.73. The summed E-state index contributed by atoms with van der Waals surface area (Å²) in [6, 6.07) is 6.83. The Bertz CT molecular complexity index is 861. The molecule has 1 aromatic carbocycles. The van der Waals surface area contributed by atoms with Crippen LogP contribution in [0.2, 0.25) is 0 Å². The second kappa shape index (κ2) is 6.49. The Kier molecular flexibility index (Phi) is 4.56. The highest BCUT2D eigenvalue weighted by Gasteiger charge is 2.22. The van der Waals surface area contributed by atoms with E-state index in [4.69, 9.17) is 5.14 Å². The molecule has 3 N–H and O–H groups in total. The van der Waals surface area contributed by atoms with Gasteiger partial charge in [0, 0.05) is 24.2 Å². The molecule has 1 aliphatic rings. The molecule has 0 atom stereocenters. The van der Waals surface area contributed by atoms with Crippen LogP contribution in [0.1, 0.15) is 47.8 Å². The lowest BCUT2D eigenvalue weighted by Crippen LogP contribution is -2.15. The lowest BCUT2D eigenvalue weighted by Gasteiger charge is -2.24. The molecule has 2 aromatic rings. The number of hydrogen-bond donors (Lipinski definition) is 2. The first-order chi connectivity index (χ1) is 11.3. The molecule has 0 spiro atoms. The fourth-order valence-corrected chi connectivity index (χ4v) is 3.36. The van der Waals surface area contributed by atoms with Crippen molar-refractivity contribution in [1.29, 1.82) is 0 Å². The molecule has 1 heterocycles. The molecule has 0 aliphatic heterocycles. The summed E-state index contributed by atoms with van der Waals surface area (Å²) in [7, 11) is -3.67. The van der Waals surface area contributed by atoms with Crippen LogP contribution in [-0.4, -0.2) is 18.4 Å². The highest BCUT2D eigenvalue weighted by molar-refractivity contribution is 7.89. The van der Waals surface area contributed by atoms with Gasteiger partial charge in [0.15, 0.2) is 0 Å². The van der Waals surface area contributed by atoms with Crippen molar-refractivity contribution in [3.05, 3.63) is 46.9 Å². The van der Waals surface area contributed by atoms with Gasteiger partial charge in [-0.2, -0.15) is 0 Å². The Morgan fingerprint density at radius 2 is 1.96 bits per heavy atom. The second-order valence-corrected chi connectivity index (χ2v) is 7.93. The number of sulfonamides is 1. The summed E-state index contributed by atoms with van der Waals surface area (Å²) in [6.07, 6.45) is 3.58. The van der Waals surface area contributed by atoms with Crippen LogP contribution in [0.4, 0.5) is 5.82 Å². The molecule has 128 valence electrons. The van der Waals surface area contributed by atoms with Crippen molar-refractivity contribution in [2.24, 2.45) is 5.14 Å². The third-order valence-corrected chi connectivity index (χ3v) is 5.36. The topological polar surface area (TPSA) is 98.0 Å². The summed E-state index contributed by atoms with van der Waals surface area (Å²) in [5.41, 5.74) is 2.83. The molecule has 1 aromatic heterocycles. The van der Waals surface area contributed by atoms with Crippen LogP contribution >= 0.6 is 0 Å². The predicted octanol–water partition coefficient (Wildman–Crippen LogP) is 2.62. The minimum atomic E-state index is -3.67. The van der Waals surface area contributed by atoms with Gasteiger partial charge in [0.1, 0.15) is 11.6 Å². The second-order valence-electron chi connectivity index (χ2n) is 6.37. The van der Waals surface area contributed by atoms with Crippen LogP contribution in [0.3, 0.4) is 0 Å². The van der Waals surface area contributed by atoms with E-state index in [1.807, 2.05) is 19.9 Å². The lowest BCUT2D eigenvalue weighted by molar-refractivity contribution is 0.401. The Labute approximate surface area is 142 Å². The normalized spacial score (nSPS) is 15.1. The summed E-state index contributed by atoms with van der Waals surface area (Å²) >= 11 is 0. The van der Waals surface area contributed by atoms with Gasteiger partial charge in [-0.1, -0.05) is 12.5 Å². The van der Waals surface area contributed by atoms with Crippen molar-refractivity contribution in [2.75, 3.05) is 5.32 Å². The number of nitrogens with one attached hydrogen (secondary N) is 1. The van der Waals surface area contributed by atoms with Crippen LogP contribution in [0.15, 0.2) is 29.2 Å². The van der Waals surface area contributed by atoms with Crippen LogP contribution in [0.25, 0.3) is 0 Å². The molecule has 0 bridgehead atoms. The summed E-state index contributed by atoms with van der Waals surface area (Å²) in [5, 5.41) is 8.47. The number of hydrogen-bond acceptors (Lipinski definition) is 5. The first-order valence-electron chi connectivity index (χ1n) is 8.05. The average molecular weight is 346 g/mol. The van der Waals surface area contributed by atoms with Crippen LogP contribution in [0, 0.1) is 13.8 Å². The minimum absolute atomic E-state index is 0.133. The SMILES string of the molecule is Cc1cc(NCc2ccc(S(N)(=O)=O)cc2C)nc(C2CCC2)n1. The Morgan fingerprint density at radius 3 is 2.54 bits per heavy atom. The minimum Gasteiger partial charge on any atom is -0.366 e. The monoisotopic (exact) mass is 346 g/mol. The molecule has 0 radical (unpaired) electrons. The zero-order valence-electron chi connectivity index (χ0n) is 13.9. The van der Waals surface area contributed by atoms with Crippen LogP contribution in [0.5, 0.6) is 0 Å². The molecule has 6 nitrogen and oxygen atoms in total. The summed E-state index contributed by atoms with van der Waals surface area (Å²) in [4.78, 5) is 9.29. The molecular weight excluding hydrogens is 324 g/mol. The average Bonchev–Trinajstić information content (AvgIpc) is 2.42. The van der Waals surface area contributed by atoms with E-state index in [-0.39, 0.29) is 4.90 Å².